The predicted molar refractivity (Wildman–Crippen MR) is 100 cm³/mol. The first kappa shape index (κ1) is 17.7. The summed E-state index contributed by atoms with van der Waals surface area (Å²) in [5.41, 5.74) is 12.1. The van der Waals surface area contributed by atoms with Crippen LogP contribution in [0.5, 0.6) is 0 Å². The number of nitrogens with one attached hydrogen (secondary N) is 3. The van der Waals surface area contributed by atoms with Gasteiger partial charge in [-0.3, -0.25) is 10.9 Å². The van der Waals surface area contributed by atoms with Crippen molar-refractivity contribution in [2.45, 2.75) is 49.6 Å². The van der Waals surface area contributed by atoms with Gasteiger partial charge in [-0.15, -0.1) is 0 Å². The van der Waals surface area contributed by atoms with Crippen LogP contribution in [0.2, 0.25) is 0 Å². The molecule has 5 N–H and O–H groups in total. The molecule has 28 heavy (non-hydrogen) atoms. The lowest BCUT2D eigenvalue weighted by molar-refractivity contribution is 0.296. The topological polar surface area (TPSA) is 101 Å². The van der Waals surface area contributed by atoms with Crippen LogP contribution in [0, 0.1) is 17.6 Å². The van der Waals surface area contributed by atoms with Crippen LogP contribution in [0.4, 0.5) is 20.7 Å². The Bertz CT molecular complexity index is 902. The molecule has 1 aromatic heterocycles. The molecular formula is C19H23F2N7. The number of nitrogens with zero attached hydrogens (tertiary/aromatic N) is 3. The highest BCUT2D eigenvalue weighted by Gasteiger charge is 2.47. The molecule has 3 fully saturated rings. The van der Waals surface area contributed by atoms with E-state index in [1.807, 2.05) is 0 Å². The lowest BCUT2D eigenvalue weighted by Crippen LogP contribution is -2.36. The van der Waals surface area contributed by atoms with E-state index in [0.29, 0.717) is 42.1 Å². The van der Waals surface area contributed by atoms with Crippen LogP contribution in [0.3, 0.4) is 0 Å². The van der Waals surface area contributed by atoms with Crippen LogP contribution >= 0.6 is 0 Å². The summed E-state index contributed by atoms with van der Waals surface area (Å²) in [7, 11) is 0. The second kappa shape index (κ2) is 6.59. The standard InChI is InChI=1S/C19H23F2N7/c20-13-3-1-2-12(15(13)21)19(6-7-19)27-18-25-16(24-17(22)26-18)10-4-5-11-9-23-28-14(11)8-10/h1-3,10-11,14,23,28H,4-9H2,(H3,22,24,25,26,27). The van der Waals surface area contributed by atoms with Gasteiger partial charge in [0, 0.05) is 24.1 Å². The number of anilines is 2. The third-order valence-corrected chi connectivity index (χ3v) is 6.25. The molecule has 2 saturated carbocycles. The zero-order chi connectivity index (χ0) is 19.3. The van der Waals surface area contributed by atoms with E-state index in [9.17, 15) is 8.78 Å². The summed E-state index contributed by atoms with van der Waals surface area (Å²) in [6.07, 6.45) is 4.39. The molecule has 2 aromatic rings. The minimum atomic E-state index is -0.851. The van der Waals surface area contributed by atoms with E-state index in [0.717, 1.165) is 31.9 Å². The maximum absolute atomic E-state index is 14.3. The third kappa shape index (κ3) is 3.08. The number of benzene rings is 1. The van der Waals surface area contributed by atoms with Crippen molar-refractivity contribution < 1.29 is 8.78 Å². The van der Waals surface area contributed by atoms with Crippen molar-refractivity contribution in [1.82, 2.24) is 25.8 Å². The Hall–Kier alpha value is -2.39. The molecular weight excluding hydrogens is 364 g/mol. The number of rotatable bonds is 4. The molecule has 2 heterocycles. The highest BCUT2D eigenvalue weighted by Crippen LogP contribution is 2.49. The molecule has 0 radical (unpaired) electrons. The van der Waals surface area contributed by atoms with E-state index in [4.69, 9.17) is 5.73 Å². The SMILES string of the molecule is Nc1nc(NC2(c3cccc(F)c3F)CC2)nc(C2CCC3CNNC3C2)n1. The van der Waals surface area contributed by atoms with Gasteiger partial charge in [0.2, 0.25) is 11.9 Å². The number of hydrogen-bond acceptors (Lipinski definition) is 7. The molecule has 1 saturated heterocycles. The molecule has 1 aromatic carbocycles. The van der Waals surface area contributed by atoms with Gasteiger partial charge >= 0.3 is 0 Å². The number of nitrogen functional groups attached to an aromatic ring is 1. The van der Waals surface area contributed by atoms with Crippen molar-refractivity contribution in [2.75, 3.05) is 17.6 Å². The van der Waals surface area contributed by atoms with Crippen molar-refractivity contribution in [3.63, 3.8) is 0 Å². The first-order valence-electron chi connectivity index (χ1n) is 9.76. The second-order valence-corrected chi connectivity index (χ2v) is 8.09. The summed E-state index contributed by atoms with van der Waals surface area (Å²) >= 11 is 0. The summed E-state index contributed by atoms with van der Waals surface area (Å²) in [4.78, 5) is 13.2. The summed E-state index contributed by atoms with van der Waals surface area (Å²) in [6, 6.07) is 4.65. The Kier molecular flexibility index (Phi) is 4.17. The molecule has 0 amide bonds. The number of hydrogen-bond donors (Lipinski definition) is 4. The van der Waals surface area contributed by atoms with Gasteiger partial charge in [-0.05, 0) is 44.1 Å². The Morgan fingerprint density at radius 3 is 2.82 bits per heavy atom. The fourth-order valence-corrected chi connectivity index (χ4v) is 4.53. The Balaban J connectivity index is 1.40. The molecule has 5 rings (SSSR count). The molecule has 2 aliphatic carbocycles. The molecule has 148 valence electrons. The van der Waals surface area contributed by atoms with Gasteiger partial charge in [0.05, 0.1) is 5.54 Å². The van der Waals surface area contributed by atoms with E-state index in [1.165, 1.54) is 6.07 Å². The minimum Gasteiger partial charge on any atom is -0.368 e. The van der Waals surface area contributed by atoms with Crippen LogP contribution in [0.25, 0.3) is 0 Å². The number of fused-ring (bicyclic) bond motifs is 1. The third-order valence-electron chi connectivity index (χ3n) is 6.25. The predicted octanol–water partition coefficient (Wildman–Crippen LogP) is 2.19. The molecule has 3 atom stereocenters. The zero-order valence-corrected chi connectivity index (χ0v) is 15.4. The van der Waals surface area contributed by atoms with Crippen molar-refractivity contribution in [2.24, 2.45) is 5.92 Å². The van der Waals surface area contributed by atoms with Gasteiger partial charge in [0.1, 0.15) is 5.82 Å². The summed E-state index contributed by atoms with van der Waals surface area (Å²) in [6.45, 7) is 0.991. The summed E-state index contributed by atoms with van der Waals surface area (Å²) in [5, 5.41) is 3.20. The number of nitrogens with two attached hydrogens (primary N) is 1. The lowest BCUT2D eigenvalue weighted by atomic mass is 9.79. The van der Waals surface area contributed by atoms with Crippen LogP contribution in [0.1, 0.15) is 49.4 Å². The van der Waals surface area contributed by atoms with Crippen LogP contribution in [-0.2, 0) is 5.54 Å². The fourth-order valence-electron chi connectivity index (χ4n) is 4.53. The van der Waals surface area contributed by atoms with E-state index < -0.39 is 17.2 Å². The quantitative estimate of drug-likeness (QED) is 0.638. The van der Waals surface area contributed by atoms with Crippen molar-refractivity contribution in [3.05, 3.63) is 41.2 Å². The molecule has 3 aliphatic rings. The van der Waals surface area contributed by atoms with Gasteiger partial charge in [-0.1, -0.05) is 12.1 Å². The van der Waals surface area contributed by atoms with E-state index in [2.05, 4.69) is 31.1 Å². The normalized spacial score (nSPS) is 28.0. The van der Waals surface area contributed by atoms with Crippen molar-refractivity contribution in [3.8, 4) is 0 Å². The Morgan fingerprint density at radius 1 is 1.14 bits per heavy atom. The summed E-state index contributed by atoms with van der Waals surface area (Å²) < 4.78 is 28.0. The molecule has 0 bridgehead atoms. The second-order valence-electron chi connectivity index (χ2n) is 8.09. The average molecular weight is 387 g/mol. The number of aromatic nitrogens is 3. The Labute approximate surface area is 161 Å². The summed E-state index contributed by atoms with van der Waals surface area (Å²) in [5.74, 6) is 0.284. The highest BCUT2D eigenvalue weighted by atomic mass is 19.2. The van der Waals surface area contributed by atoms with Gasteiger partial charge in [0.15, 0.2) is 11.6 Å². The first-order chi connectivity index (χ1) is 13.5. The highest BCUT2D eigenvalue weighted by molar-refractivity contribution is 5.44. The first-order valence-corrected chi connectivity index (χ1v) is 9.76. The smallest absolute Gasteiger partial charge is 0.228 e. The van der Waals surface area contributed by atoms with E-state index in [-0.39, 0.29) is 11.9 Å². The van der Waals surface area contributed by atoms with Crippen LogP contribution in [0.15, 0.2) is 18.2 Å². The largest absolute Gasteiger partial charge is 0.368 e. The monoisotopic (exact) mass is 387 g/mol. The molecule has 7 nitrogen and oxygen atoms in total. The Morgan fingerprint density at radius 2 is 2.00 bits per heavy atom. The van der Waals surface area contributed by atoms with Gasteiger partial charge in [0.25, 0.3) is 0 Å². The molecule has 9 heteroatoms. The maximum atomic E-state index is 14.3. The van der Waals surface area contributed by atoms with Gasteiger partial charge in [-0.25, -0.2) is 8.78 Å². The van der Waals surface area contributed by atoms with Gasteiger partial charge < -0.3 is 11.1 Å². The maximum Gasteiger partial charge on any atom is 0.228 e. The minimum absolute atomic E-state index is 0.141. The van der Waals surface area contributed by atoms with Crippen LogP contribution in [-0.4, -0.2) is 27.5 Å². The lowest BCUT2D eigenvalue weighted by Gasteiger charge is -2.30. The number of halogens is 2. The van der Waals surface area contributed by atoms with Gasteiger partial charge in [-0.2, -0.15) is 15.0 Å². The van der Waals surface area contributed by atoms with E-state index >= 15 is 0 Å². The fraction of sp³-hybridized carbons (Fsp3) is 0.526. The van der Waals surface area contributed by atoms with E-state index in [1.54, 1.807) is 6.07 Å². The molecule has 0 spiro atoms. The molecule has 3 unspecified atom stereocenters. The molecule has 1 aliphatic heterocycles. The zero-order valence-electron chi connectivity index (χ0n) is 15.4. The van der Waals surface area contributed by atoms with Crippen molar-refractivity contribution >= 4 is 11.9 Å². The number of hydrazine groups is 1. The van der Waals surface area contributed by atoms with Crippen LogP contribution < -0.4 is 21.9 Å². The average Bonchev–Trinajstić information content (AvgIpc) is 3.28. The van der Waals surface area contributed by atoms with Crippen molar-refractivity contribution in [1.29, 1.82) is 0 Å².